The summed E-state index contributed by atoms with van der Waals surface area (Å²) < 4.78 is 14.1. The normalized spacial score (nSPS) is 36.6. The lowest BCUT2D eigenvalue weighted by molar-refractivity contribution is -0.0685. The average molecular weight is 249 g/mol. The zero-order chi connectivity index (χ0) is 12.8. The second-order valence-electron chi connectivity index (χ2n) is 5.77. The Morgan fingerprint density at radius 2 is 2.11 bits per heavy atom. The molecular formula is C15H20FNO. The number of nitrogens with zero attached hydrogens (tertiary/aromatic N) is 1. The molecule has 0 radical (unpaired) electrons. The molecule has 1 heterocycles. The molecule has 0 unspecified atom stereocenters. The summed E-state index contributed by atoms with van der Waals surface area (Å²) in [7, 11) is 2.06. The monoisotopic (exact) mass is 249 g/mol. The lowest BCUT2D eigenvalue weighted by Crippen LogP contribution is -2.61. The van der Waals surface area contributed by atoms with Crippen LogP contribution in [0.3, 0.4) is 0 Å². The summed E-state index contributed by atoms with van der Waals surface area (Å²) in [6.07, 6.45) is 3.40. The molecule has 0 aromatic heterocycles. The first-order valence-corrected chi connectivity index (χ1v) is 6.78. The molecule has 1 aliphatic heterocycles. The molecule has 1 N–H and O–H groups in total. The molecule has 3 rings (SSSR count). The molecule has 1 saturated carbocycles. The van der Waals surface area contributed by atoms with Gasteiger partial charge in [-0.15, -0.1) is 0 Å². The van der Waals surface area contributed by atoms with Gasteiger partial charge < -0.3 is 10.0 Å². The first kappa shape index (κ1) is 12.1. The molecule has 98 valence electrons. The van der Waals surface area contributed by atoms with E-state index in [1.807, 2.05) is 12.1 Å². The molecule has 3 atom stereocenters. The van der Waals surface area contributed by atoms with Gasteiger partial charge in [-0.1, -0.05) is 24.6 Å². The molecular weight excluding hydrogens is 229 g/mol. The Bertz CT molecular complexity index is 450. The van der Waals surface area contributed by atoms with Gasteiger partial charge in [0.25, 0.3) is 0 Å². The van der Waals surface area contributed by atoms with Crippen LogP contribution in [-0.4, -0.2) is 35.7 Å². The van der Waals surface area contributed by atoms with Crippen LogP contribution in [0.5, 0.6) is 0 Å². The molecule has 2 nitrogen and oxygen atoms in total. The average Bonchev–Trinajstić information content (AvgIpc) is 2.36. The highest BCUT2D eigenvalue weighted by Crippen LogP contribution is 2.47. The van der Waals surface area contributed by atoms with Crippen LogP contribution in [0.4, 0.5) is 4.39 Å². The van der Waals surface area contributed by atoms with E-state index in [-0.39, 0.29) is 17.3 Å². The van der Waals surface area contributed by atoms with E-state index in [2.05, 4.69) is 11.9 Å². The highest BCUT2D eigenvalue weighted by molar-refractivity contribution is 5.31. The van der Waals surface area contributed by atoms with Crippen molar-refractivity contribution in [2.75, 3.05) is 13.6 Å². The summed E-state index contributed by atoms with van der Waals surface area (Å²) >= 11 is 0. The predicted octanol–water partition coefficient (Wildman–Crippen LogP) is 2.31. The molecule has 18 heavy (non-hydrogen) atoms. The van der Waals surface area contributed by atoms with Crippen molar-refractivity contribution in [3.63, 3.8) is 0 Å². The van der Waals surface area contributed by atoms with E-state index in [0.717, 1.165) is 37.8 Å². The van der Waals surface area contributed by atoms with E-state index >= 15 is 0 Å². The standard InChI is InChI=1S/C15H20FNO/c1-17-10-9-15(8-4-7-13(17)14(15)18)11-5-2-3-6-12(11)16/h2-3,5-6,13-14,18H,4,7-10H2,1H3/t13-,14-,15-/m1/s1. The molecule has 0 spiro atoms. The summed E-state index contributed by atoms with van der Waals surface area (Å²) in [4.78, 5) is 2.23. The van der Waals surface area contributed by atoms with Crippen LogP contribution >= 0.6 is 0 Å². The Hall–Kier alpha value is -0.930. The number of aliphatic hydroxyl groups is 1. The van der Waals surface area contributed by atoms with Gasteiger partial charge in [0.2, 0.25) is 0 Å². The fourth-order valence-corrected chi connectivity index (χ4v) is 3.87. The van der Waals surface area contributed by atoms with Crippen molar-refractivity contribution >= 4 is 0 Å². The van der Waals surface area contributed by atoms with E-state index in [9.17, 15) is 9.50 Å². The molecule has 1 saturated heterocycles. The summed E-state index contributed by atoms with van der Waals surface area (Å²) in [5.74, 6) is -0.165. The van der Waals surface area contributed by atoms with Crippen molar-refractivity contribution in [3.8, 4) is 0 Å². The van der Waals surface area contributed by atoms with Crippen molar-refractivity contribution in [1.29, 1.82) is 0 Å². The van der Waals surface area contributed by atoms with Crippen LogP contribution in [0.1, 0.15) is 31.2 Å². The largest absolute Gasteiger partial charge is 0.391 e. The number of hydrogen-bond donors (Lipinski definition) is 1. The first-order chi connectivity index (χ1) is 8.65. The zero-order valence-corrected chi connectivity index (χ0v) is 10.8. The summed E-state index contributed by atoms with van der Waals surface area (Å²) in [5.41, 5.74) is 0.358. The molecule has 2 fully saturated rings. The van der Waals surface area contributed by atoms with Gasteiger partial charge in [0.1, 0.15) is 5.82 Å². The number of likely N-dealkylation sites (N-methyl/N-ethyl adjacent to an activating group) is 1. The maximum absolute atomic E-state index is 14.1. The van der Waals surface area contributed by atoms with E-state index < -0.39 is 6.10 Å². The Kier molecular flexibility index (Phi) is 2.91. The maximum Gasteiger partial charge on any atom is 0.127 e. The van der Waals surface area contributed by atoms with Gasteiger partial charge in [-0.25, -0.2) is 4.39 Å². The zero-order valence-electron chi connectivity index (χ0n) is 10.8. The Morgan fingerprint density at radius 1 is 1.33 bits per heavy atom. The van der Waals surface area contributed by atoms with Gasteiger partial charge in [0, 0.05) is 11.5 Å². The Labute approximate surface area is 107 Å². The van der Waals surface area contributed by atoms with Crippen LogP contribution in [0.15, 0.2) is 24.3 Å². The van der Waals surface area contributed by atoms with Crippen molar-refractivity contribution in [3.05, 3.63) is 35.6 Å². The Morgan fingerprint density at radius 3 is 2.89 bits per heavy atom. The van der Waals surface area contributed by atoms with Gasteiger partial charge in [-0.2, -0.15) is 0 Å². The summed E-state index contributed by atoms with van der Waals surface area (Å²) in [6.45, 7) is 0.941. The number of piperidine rings is 1. The lowest BCUT2D eigenvalue weighted by atomic mass is 9.61. The predicted molar refractivity (Wildman–Crippen MR) is 69.0 cm³/mol. The van der Waals surface area contributed by atoms with Crippen LogP contribution in [-0.2, 0) is 5.41 Å². The third-order valence-corrected chi connectivity index (χ3v) is 4.94. The number of likely N-dealkylation sites (tertiary alicyclic amines) is 1. The fraction of sp³-hybridized carbons (Fsp3) is 0.600. The number of hydrogen-bond acceptors (Lipinski definition) is 2. The maximum atomic E-state index is 14.1. The third-order valence-electron chi connectivity index (χ3n) is 4.94. The molecule has 1 aliphatic carbocycles. The highest BCUT2D eigenvalue weighted by atomic mass is 19.1. The molecule has 2 aliphatic rings. The minimum atomic E-state index is -0.443. The van der Waals surface area contributed by atoms with Crippen LogP contribution in [0.25, 0.3) is 0 Å². The van der Waals surface area contributed by atoms with Crippen LogP contribution < -0.4 is 0 Å². The van der Waals surface area contributed by atoms with E-state index in [0.29, 0.717) is 0 Å². The summed E-state index contributed by atoms with van der Waals surface area (Å²) in [5, 5.41) is 10.7. The summed E-state index contributed by atoms with van der Waals surface area (Å²) in [6, 6.07) is 7.15. The fourth-order valence-electron chi connectivity index (χ4n) is 3.87. The van der Waals surface area contributed by atoms with E-state index in [1.165, 1.54) is 6.07 Å². The van der Waals surface area contributed by atoms with Crippen molar-refractivity contribution in [1.82, 2.24) is 4.90 Å². The first-order valence-electron chi connectivity index (χ1n) is 6.78. The number of benzene rings is 1. The van der Waals surface area contributed by atoms with E-state index in [1.54, 1.807) is 6.07 Å². The van der Waals surface area contributed by atoms with Gasteiger partial charge >= 0.3 is 0 Å². The number of aliphatic hydroxyl groups excluding tert-OH is 1. The molecule has 0 amide bonds. The van der Waals surface area contributed by atoms with Gasteiger partial charge in [0.15, 0.2) is 0 Å². The minimum Gasteiger partial charge on any atom is -0.391 e. The molecule has 3 heteroatoms. The topological polar surface area (TPSA) is 23.5 Å². The number of fused-ring (bicyclic) bond motifs is 2. The van der Waals surface area contributed by atoms with Crippen LogP contribution in [0, 0.1) is 5.82 Å². The second kappa shape index (κ2) is 4.32. The van der Waals surface area contributed by atoms with E-state index in [4.69, 9.17) is 0 Å². The van der Waals surface area contributed by atoms with Crippen molar-refractivity contribution in [2.24, 2.45) is 0 Å². The number of halogens is 1. The Balaban J connectivity index is 2.05. The van der Waals surface area contributed by atoms with Crippen molar-refractivity contribution < 1.29 is 9.50 Å². The molecule has 1 aromatic carbocycles. The minimum absolute atomic E-state index is 0.165. The van der Waals surface area contributed by atoms with Gasteiger partial charge in [0.05, 0.1) is 6.10 Å². The molecule has 2 bridgehead atoms. The van der Waals surface area contributed by atoms with Gasteiger partial charge in [-0.3, -0.25) is 0 Å². The molecule has 1 aromatic rings. The van der Waals surface area contributed by atoms with Crippen LogP contribution in [0.2, 0.25) is 0 Å². The SMILES string of the molecule is CN1CC[C@@]2(c3ccccc3F)CCC[C@@H]1[C@H]2O. The lowest BCUT2D eigenvalue weighted by Gasteiger charge is -2.53. The van der Waals surface area contributed by atoms with Gasteiger partial charge in [-0.05, 0) is 44.5 Å². The van der Waals surface area contributed by atoms with Crippen molar-refractivity contribution in [2.45, 2.75) is 43.2 Å². The quantitative estimate of drug-likeness (QED) is 0.825. The third kappa shape index (κ3) is 1.61. The highest BCUT2D eigenvalue weighted by Gasteiger charge is 2.51. The number of rotatable bonds is 1. The second-order valence-corrected chi connectivity index (χ2v) is 5.77. The smallest absolute Gasteiger partial charge is 0.127 e.